The largest absolute Gasteiger partial charge is 0.437 e. The lowest BCUT2D eigenvalue weighted by Crippen LogP contribution is -2.45. The van der Waals surface area contributed by atoms with E-state index in [1.54, 1.807) is 0 Å². The number of aryl methyl sites for hydroxylation is 1. The first-order chi connectivity index (χ1) is 8.30. The predicted molar refractivity (Wildman–Crippen MR) is 62.3 cm³/mol. The Balaban J connectivity index is 2.31. The Morgan fingerprint density at radius 1 is 1.11 bits per heavy atom. The minimum absolute atomic E-state index is 0.283. The first-order valence-electron chi connectivity index (χ1n) is 5.64. The maximum absolute atomic E-state index is 12.7. The number of hydrogen-bond acceptors (Lipinski definition) is 4. The number of alkyl halides is 3. The molecule has 2 N–H and O–H groups in total. The molecule has 0 aliphatic carbocycles. The number of anilines is 2. The van der Waals surface area contributed by atoms with E-state index in [1.165, 1.54) is 11.7 Å². The Hall–Kier alpha value is -1.44. The van der Waals surface area contributed by atoms with Gasteiger partial charge in [0, 0.05) is 33.2 Å². The lowest BCUT2D eigenvalue weighted by atomic mass is 10.3. The van der Waals surface area contributed by atoms with Crippen LogP contribution >= 0.6 is 0 Å². The second kappa shape index (κ2) is 4.34. The van der Waals surface area contributed by atoms with Gasteiger partial charge in [-0.15, -0.1) is 0 Å². The highest BCUT2D eigenvalue weighted by Crippen LogP contribution is 2.37. The van der Waals surface area contributed by atoms with E-state index in [0.29, 0.717) is 18.9 Å². The fourth-order valence-electron chi connectivity index (χ4n) is 2.13. The van der Waals surface area contributed by atoms with Gasteiger partial charge in [0.15, 0.2) is 11.5 Å². The molecule has 0 unspecified atom stereocenters. The standard InChI is InChI=1S/C10H16F3N5/c1-16-3-5-18(6-4-16)9-7(14)8(10(11,12)13)15-17(9)2/h3-6,14H2,1-2H3. The van der Waals surface area contributed by atoms with Crippen LogP contribution in [0.5, 0.6) is 0 Å². The minimum atomic E-state index is -4.51. The summed E-state index contributed by atoms with van der Waals surface area (Å²) >= 11 is 0. The first kappa shape index (κ1) is 13.0. The van der Waals surface area contributed by atoms with Crippen molar-refractivity contribution in [3.63, 3.8) is 0 Å². The highest BCUT2D eigenvalue weighted by atomic mass is 19.4. The summed E-state index contributed by atoms with van der Waals surface area (Å²) in [7, 11) is 3.46. The van der Waals surface area contributed by atoms with E-state index >= 15 is 0 Å². The van der Waals surface area contributed by atoms with Gasteiger partial charge in [-0.25, -0.2) is 0 Å². The quantitative estimate of drug-likeness (QED) is 0.813. The molecule has 0 radical (unpaired) electrons. The van der Waals surface area contributed by atoms with Gasteiger partial charge < -0.3 is 15.5 Å². The molecule has 8 heteroatoms. The third kappa shape index (κ3) is 2.24. The van der Waals surface area contributed by atoms with Crippen LogP contribution in [0.1, 0.15) is 5.69 Å². The van der Waals surface area contributed by atoms with Crippen molar-refractivity contribution >= 4 is 11.5 Å². The van der Waals surface area contributed by atoms with E-state index in [-0.39, 0.29) is 5.69 Å². The average molecular weight is 263 g/mol. The van der Waals surface area contributed by atoms with Gasteiger partial charge in [0.1, 0.15) is 5.69 Å². The SMILES string of the molecule is CN1CCN(c2c(N)c(C(F)(F)F)nn2C)CC1. The van der Waals surface area contributed by atoms with Gasteiger partial charge in [-0.1, -0.05) is 0 Å². The molecular formula is C10H16F3N5. The highest BCUT2D eigenvalue weighted by molar-refractivity contribution is 5.67. The van der Waals surface area contributed by atoms with Gasteiger partial charge in [0.05, 0.1) is 0 Å². The molecule has 1 aliphatic heterocycles. The summed E-state index contributed by atoms with van der Waals surface area (Å²) in [6.45, 7) is 2.90. The number of hydrogen-bond donors (Lipinski definition) is 1. The van der Waals surface area contributed by atoms with Crippen molar-refractivity contribution in [1.82, 2.24) is 14.7 Å². The molecular weight excluding hydrogens is 247 g/mol. The summed E-state index contributed by atoms with van der Waals surface area (Å²) in [5.41, 5.74) is 4.31. The van der Waals surface area contributed by atoms with Crippen molar-refractivity contribution in [3.05, 3.63) is 5.69 Å². The Kier molecular flexibility index (Phi) is 3.14. The number of nitrogens with zero attached hydrogens (tertiary/aromatic N) is 4. The summed E-state index contributed by atoms with van der Waals surface area (Å²) in [5.74, 6) is 0.357. The molecule has 1 aliphatic rings. The molecule has 0 bridgehead atoms. The second-order valence-corrected chi connectivity index (χ2v) is 4.50. The molecule has 1 aromatic rings. The fraction of sp³-hybridized carbons (Fsp3) is 0.700. The van der Waals surface area contributed by atoms with Crippen molar-refractivity contribution in [2.75, 3.05) is 43.9 Å². The van der Waals surface area contributed by atoms with E-state index in [2.05, 4.69) is 10.00 Å². The van der Waals surface area contributed by atoms with Crippen molar-refractivity contribution in [2.24, 2.45) is 7.05 Å². The Morgan fingerprint density at radius 2 is 1.67 bits per heavy atom. The topological polar surface area (TPSA) is 50.3 Å². The van der Waals surface area contributed by atoms with Gasteiger partial charge in [-0.3, -0.25) is 4.68 Å². The number of piperazine rings is 1. The Bertz CT molecular complexity index is 431. The van der Waals surface area contributed by atoms with E-state index < -0.39 is 11.9 Å². The number of halogens is 3. The molecule has 0 spiro atoms. The maximum Gasteiger partial charge on any atom is 0.437 e. The van der Waals surface area contributed by atoms with Gasteiger partial charge in [0.25, 0.3) is 0 Å². The van der Waals surface area contributed by atoms with Gasteiger partial charge in [-0.05, 0) is 7.05 Å². The minimum Gasteiger partial charge on any atom is -0.394 e. The van der Waals surface area contributed by atoms with Crippen LogP contribution in [0.2, 0.25) is 0 Å². The van der Waals surface area contributed by atoms with Crippen molar-refractivity contribution in [2.45, 2.75) is 6.18 Å². The van der Waals surface area contributed by atoms with Gasteiger partial charge >= 0.3 is 6.18 Å². The van der Waals surface area contributed by atoms with Crippen LogP contribution in [-0.2, 0) is 13.2 Å². The van der Waals surface area contributed by atoms with Crippen LogP contribution in [0.15, 0.2) is 0 Å². The van der Waals surface area contributed by atoms with Crippen molar-refractivity contribution in [1.29, 1.82) is 0 Å². The lowest BCUT2D eigenvalue weighted by Gasteiger charge is -2.33. The smallest absolute Gasteiger partial charge is 0.394 e. The number of likely N-dealkylation sites (N-methyl/N-ethyl adjacent to an activating group) is 1. The summed E-state index contributed by atoms with van der Waals surface area (Å²) < 4.78 is 39.3. The maximum atomic E-state index is 12.7. The van der Waals surface area contributed by atoms with Crippen LogP contribution in [0.25, 0.3) is 0 Å². The molecule has 1 aromatic heterocycles. The molecule has 18 heavy (non-hydrogen) atoms. The number of nitrogens with two attached hydrogens (primary N) is 1. The second-order valence-electron chi connectivity index (χ2n) is 4.50. The van der Waals surface area contributed by atoms with Crippen LogP contribution < -0.4 is 10.6 Å². The summed E-state index contributed by atoms with van der Waals surface area (Å²) in [6.07, 6.45) is -4.51. The fourth-order valence-corrected chi connectivity index (χ4v) is 2.13. The van der Waals surface area contributed by atoms with E-state index in [1.807, 2.05) is 11.9 Å². The average Bonchev–Trinajstić information content (AvgIpc) is 2.56. The molecule has 0 saturated carbocycles. The molecule has 5 nitrogen and oxygen atoms in total. The van der Waals surface area contributed by atoms with E-state index in [9.17, 15) is 13.2 Å². The summed E-state index contributed by atoms with van der Waals surface area (Å²) in [5, 5.41) is 3.49. The lowest BCUT2D eigenvalue weighted by molar-refractivity contribution is -0.140. The van der Waals surface area contributed by atoms with E-state index in [4.69, 9.17) is 5.73 Å². The van der Waals surface area contributed by atoms with Crippen LogP contribution in [0, 0.1) is 0 Å². The van der Waals surface area contributed by atoms with Crippen molar-refractivity contribution in [3.8, 4) is 0 Å². The zero-order valence-electron chi connectivity index (χ0n) is 10.3. The monoisotopic (exact) mass is 263 g/mol. The number of rotatable bonds is 1. The van der Waals surface area contributed by atoms with E-state index in [0.717, 1.165) is 13.1 Å². The van der Waals surface area contributed by atoms with Gasteiger partial charge in [-0.2, -0.15) is 18.3 Å². The third-order valence-corrected chi connectivity index (χ3v) is 3.12. The number of aromatic nitrogens is 2. The normalized spacial score (nSPS) is 18.4. The van der Waals surface area contributed by atoms with Gasteiger partial charge in [0.2, 0.25) is 0 Å². The molecule has 2 rings (SSSR count). The Labute approximate surface area is 103 Å². The zero-order valence-corrected chi connectivity index (χ0v) is 10.3. The number of nitrogen functional groups attached to an aromatic ring is 1. The third-order valence-electron chi connectivity index (χ3n) is 3.12. The molecule has 1 saturated heterocycles. The molecule has 102 valence electrons. The zero-order chi connectivity index (χ0) is 13.5. The molecule has 1 fully saturated rings. The van der Waals surface area contributed by atoms with Crippen molar-refractivity contribution < 1.29 is 13.2 Å². The van der Waals surface area contributed by atoms with Crippen LogP contribution in [0.3, 0.4) is 0 Å². The molecule has 0 atom stereocenters. The van der Waals surface area contributed by atoms with Crippen LogP contribution in [-0.4, -0.2) is 47.9 Å². The summed E-state index contributed by atoms with van der Waals surface area (Å²) in [4.78, 5) is 3.96. The molecule has 2 heterocycles. The highest BCUT2D eigenvalue weighted by Gasteiger charge is 2.39. The first-order valence-corrected chi connectivity index (χ1v) is 5.64. The Morgan fingerprint density at radius 3 is 2.11 bits per heavy atom. The molecule has 0 aromatic carbocycles. The summed E-state index contributed by atoms with van der Waals surface area (Å²) in [6, 6.07) is 0. The molecule has 0 amide bonds. The van der Waals surface area contributed by atoms with Crippen LogP contribution in [0.4, 0.5) is 24.7 Å². The predicted octanol–water partition coefficient (Wildman–Crippen LogP) is 0.773.